The summed E-state index contributed by atoms with van der Waals surface area (Å²) >= 11 is 2.01. The molecule has 0 aliphatic carbocycles. The van der Waals surface area contributed by atoms with Crippen LogP contribution in [0.1, 0.15) is 18.1 Å². The Hall–Kier alpha value is -1.42. The average molecular weight is 291 g/mol. The van der Waals surface area contributed by atoms with Crippen LogP contribution < -0.4 is 4.90 Å². The zero-order valence-electron chi connectivity index (χ0n) is 12.1. The Morgan fingerprint density at radius 3 is 2.85 bits per heavy atom. The van der Waals surface area contributed by atoms with E-state index in [1.807, 2.05) is 17.8 Å². The number of ether oxygens (including phenoxy) is 1. The van der Waals surface area contributed by atoms with Crippen molar-refractivity contribution in [2.45, 2.75) is 13.8 Å². The molecule has 0 unspecified atom stereocenters. The predicted molar refractivity (Wildman–Crippen MR) is 86.4 cm³/mol. The van der Waals surface area contributed by atoms with E-state index in [1.54, 1.807) is 0 Å². The molecule has 1 aliphatic heterocycles. The van der Waals surface area contributed by atoms with Crippen molar-refractivity contribution < 1.29 is 9.53 Å². The normalized spacial score (nSPS) is 15.6. The van der Waals surface area contributed by atoms with Gasteiger partial charge in [-0.05, 0) is 24.6 Å². The average Bonchev–Trinajstić information content (AvgIpc) is 2.45. The third-order valence-corrected chi connectivity index (χ3v) is 4.26. The summed E-state index contributed by atoms with van der Waals surface area (Å²) in [7, 11) is 0. The maximum Gasteiger partial charge on any atom is 0.302 e. The molecule has 0 N–H and O–H groups in total. The second-order valence-corrected chi connectivity index (χ2v) is 6.04. The van der Waals surface area contributed by atoms with E-state index in [1.165, 1.54) is 35.2 Å². The second kappa shape index (κ2) is 7.39. The van der Waals surface area contributed by atoms with Crippen LogP contribution in [-0.2, 0) is 9.53 Å². The van der Waals surface area contributed by atoms with E-state index in [2.05, 4.69) is 36.1 Å². The first-order chi connectivity index (χ1) is 9.68. The van der Waals surface area contributed by atoms with Gasteiger partial charge in [0.05, 0.1) is 0 Å². The molecule has 3 nitrogen and oxygen atoms in total. The third kappa shape index (κ3) is 4.04. The molecule has 0 aromatic heterocycles. The van der Waals surface area contributed by atoms with E-state index < -0.39 is 0 Å². The van der Waals surface area contributed by atoms with Crippen LogP contribution in [0.25, 0.3) is 6.08 Å². The Morgan fingerprint density at radius 1 is 1.40 bits per heavy atom. The molecule has 0 amide bonds. The molecule has 4 heteroatoms. The predicted octanol–water partition coefficient (Wildman–Crippen LogP) is 3.12. The van der Waals surface area contributed by atoms with Crippen molar-refractivity contribution in [3.63, 3.8) is 0 Å². The molecule has 0 atom stereocenters. The van der Waals surface area contributed by atoms with Crippen molar-refractivity contribution in [1.29, 1.82) is 0 Å². The van der Waals surface area contributed by atoms with Crippen LogP contribution >= 0.6 is 11.8 Å². The number of aryl methyl sites for hydroxylation is 1. The number of carbonyl (C=O) groups excluding carboxylic acids is 1. The van der Waals surface area contributed by atoms with Crippen LogP contribution in [0.5, 0.6) is 0 Å². The SMILES string of the molecule is CC(=O)OC/C=C/c1c(C)cccc1N1CCSCC1. The molecule has 0 saturated carbocycles. The fourth-order valence-electron chi connectivity index (χ4n) is 2.29. The van der Waals surface area contributed by atoms with E-state index in [4.69, 9.17) is 4.74 Å². The molecule has 1 heterocycles. The van der Waals surface area contributed by atoms with E-state index in [-0.39, 0.29) is 5.97 Å². The zero-order valence-corrected chi connectivity index (χ0v) is 12.9. The number of carbonyl (C=O) groups is 1. The van der Waals surface area contributed by atoms with Crippen molar-refractivity contribution >= 4 is 29.5 Å². The lowest BCUT2D eigenvalue weighted by atomic mass is 10.0. The van der Waals surface area contributed by atoms with Gasteiger partial charge in [0.2, 0.25) is 0 Å². The summed E-state index contributed by atoms with van der Waals surface area (Å²) in [6.45, 7) is 6.07. The number of thioether (sulfide) groups is 1. The molecule has 0 radical (unpaired) electrons. The van der Waals surface area contributed by atoms with Gasteiger partial charge in [0, 0.05) is 42.8 Å². The minimum Gasteiger partial charge on any atom is -0.462 e. The minimum absolute atomic E-state index is 0.243. The van der Waals surface area contributed by atoms with Gasteiger partial charge in [-0.15, -0.1) is 0 Å². The number of hydrogen-bond donors (Lipinski definition) is 0. The van der Waals surface area contributed by atoms with Gasteiger partial charge >= 0.3 is 5.97 Å². The van der Waals surface area contributed by atoms with Gasteiger partial charge in [-0.2, -0.15) is 11.8 Å². The molecule has 1 aromatic rings. The number of nitrogens with zero attached hydrogens (tertiary/aromatic N) is 1. The summed E-state index contributed by atoms with van der Waals surface area (Å²) < 4.78 is 4.95. The summed E-state index contributed by atoms with van der Waals surface area (Å²) in [4.78, 5) is 13.2. The lowest BCUT2D eigenvalue weighted by Gasteiger charge is -2.30. The lowest BCUT2D eigenvalue weighted by molar-refractivity contribution is -0.139. The number of rotatable bonds is 4. The number of benzene rings is 1. The van der Waals surface area contributed by atoms with Crippen LogP contribution in [0, 0.1) is 6.92 Å². The first-order valence-corrected chi connectivity index (χ1v) is 8.06. The van der Waals surface area contributed by atoms with Gasteiger partial charge in [-0.25, -0.2) is 0 Å². The first kappa shape index (κ1) is 15.0. The highest BCUT2D eigenvalue weighted by molar-refractivity contribution is 7.99. The lowest BCUT2D eigenvalue weighted by Crippen LogP contribution is -2.33. The summed E-state index contributed by atoms with van der Waals surface area (Å²) in [6.07, 6.45) is 3.97. The smallest absolute Gasteiger partial charge is 0.302 e. The Balaban J connectivity index is 2.15. The van der Waals surface area contributed by atoms with Crippen LogP contribution in [-0.4, -0.2) is 37.2 Å². The molecule has 1 fully saturated rings. The Morgan fingerprint density at radius 2 is 2.15 bits per heavy atom. The summed E-state index contributed by atoms with van der Waals surface area (Å²) in [5.74, 6) is 2.13. The molecule has 108 valence electrons. The van der Waals surface area contributed by atoms with Crippen molar-refractivity contribution in [3.8, 4) is 0 Å². The van der Waals surface area contributed by atoms with Gasteiger partial charge in [-0.3, -0.25) is 4.79 Å². The van der Waals surface area contributed by atoms with Crippen molar-refractivity contribution in [1.82, 2.24) is 0 Å². The van der Waals surface area contributed by atoms with Gasteiger partial charge in [0.1, 0.15) is 6.61 Å². The molecule has 0 bridgehead atoms. The monoisotopic (exact) mass is 291 g/mol. The van der Waals surface area contributed by atoms with Gasteiger partial charge in [0.25, 0.3) is 0 Å². The standard InChI is InChI=1S/C16H21NO2S/c1-13-5-3-7-16(17-8-11-20-12-9-17)15(13)6-4-10-19-14(2)18/h3-7H,8-12H2,1-2H3/b6-4+. The van der Waals surface area contributed by atoms with Crippen LogP contribution in [0.2, 0.25) is 0 Å². The molecular weight excluding hydrogens is 270 g/mol. The van der Waals surface area contributed by atoms with Gasteiger partial charge in [-0.1, -0.05) is 18.2 Å². The van der Waals surface area contributed by atoms with Crippen molar-refractivity contribution in [3.05, 3.63) is 35.4 Å². The maximum absolute atomic E-state index is 10.8. The summed E-state index contributed by atoms with van der Waals surface area (Å²) in [5.41, 5.74) is 3.76. The molecule has 2 rings (SSSR count). The molecular formula is C16H21NO2S. The Kier molecular flexibility index (Phi) is 5.53. The number of hydrogen-bond acceptors (Lipinski definition) is 4. The van der Waals surface area contributed by atoms with E-state index in [9.17, 15) is 4.79 Å². The zero-order chi connectivity index (χ0) is 14.4. The Labute approximate surface area is 125 Å². The van der Waals surface area contributed by atoms with Crippen molar-refractivity contribution in [2.75, 3.05) is 36.1 Å². The fourth-order valence-corrected chi connectivity index (χ4v) is 3.20. The third-order valence-electron chi connectivity index (χ3n) is 3.32. The minimum atomic E-state index is -0.243. The fraction of sp³-hybridized carbons (Fsp3) is 0.438. The molecule has 1 saturated heterocycles. The van der Waals surface area contributed by atoms with Crippen LogP contribution in [0.3, 0.4) is 0 Å². The van der Waals surface area contributed by atoms with E-state index in [0.717, 1.165) is 13.1 Å². The van der Waals surface area contributed by atoms with Gasteiger partial charge < -0.3 is 9.64 Å². The highest BCUT2D eigenvalue weighted by Crippen LogP contribution is 2.27. The highest BCUT2D eigenvalue weighted by Gasteiger charge is 2.14. The topological polar surface area (TPSA) is 29.5 Å². The summed E-state index contributed by atoms with van der Waals surface area (Å²) in [6, 6.07) is 6.40. The number of esters is 1. The molecule has 0 spiro atoms. The van der Waals surface area contributed by atoms with Crippen LogP contribution in [0.15, 0.2) is 24.3 Å². The first-order valence-electron chi connectivity index (χ1n) is 6.90. The molecule has 1 aliphatic rings. The van der Waals surface area contributed by atoms with E-state index in [0.29, 0.717) is 6.61 Å². The summed E-state index contributed by atoms with van der Waals surface area (Å²) in [5, 5.41) is 0. The quantitative estimate of drug-likeness (QED) is 0.797. The van der Waals surface area contributed by atoms with Crippen LogP contribution in [0.4, 0.5) is 5.69 Å². The second-order valence-electron chi connectivity index (χ2n) is 4.81. The van der Waals surface area contributed by atoms with Gasteiger partial charge in [0.15, 0.2) is 0 Å². The Bertz CT molecular complexity index is 493. The van der Waals surface area contributed by atoms with E-state index >= 15 is 0 Å². The number of anilines is 1. The maximum atomic E-state index is 10.8. The largest absolute Gasteiger partial charge is 0.462 e. The van der Waals surface area contributed by atoms with Crippen molar-refractivity contribution in [2.24, 2.45) is 0 Å². The molecule has 20 heavy (non-hydrogen) atoms. The highest BCUT2D eigenvalue weighted by atomic mass is 32.2. The molecule has 1 aromatic carbocycles.